The minimum absolute atomic E-state index is 0.237. The smallest absolute Gasteiger partial charge is 0.410 e. The zero-order chi connectivity index (χ0) is 30.3. The van der Waals surface area contributed by atoms with E-state index in [1.54, 1.807) is 15.8 Å². The third kappa shape index (κ3) is 5.61. The van der Waals surface area contributed by atoms with Crippen molar-refractivity contribution >= 4 is 39.7 Å². The van der Waals surface area contributed by atoms with E-state index in [-0.39, 0.29) is 17.2 Å². The van der Waals surface area contributed by atoms with Crippen molar-refractivity contribution in [1.29, 1.82) is 0 Å². The van der Waals surface area contributed by atoms with Crippen molar-refractivity contribution < 1.29 is 9.53 Å². The molecule has 6 rings (SSSR count). The van der Waals surface area contributed by atoms with Crippen LogP contribution in [0.5, 0.6) is 0 Å². The monoisotopic (exact) mass is 584 g/mol. The van der Waals surface area contributed by atoms with Gasteiger partial charge in [-0.1, -0.05) is 50.2 Å². The van der Waals surface area contributed by atoms with Crippen molar-refractivity contribution in [2.75, 3.05) is 62.2 Å². The maximum atomic E-state index is 14.1. The Morgan fingerprint density at radius 1 is 0.930 bits per heavy atom. The maximum Gasteiger partial charge on any atom is 0.410 e. The van der Waals surface area contributed by atoms with E-state index in [1.165, 1.54) is 0 Å². The summed E-state index contributed by atoms with van der Waals surface area (Å²) in [4.78, 5) is 49.8. The molecule has 0 aliphatic carbocycles. The van der Waals surface area contributed by atoms with Gasteiger partial charge in [0.2, 0.25) is 5.95 Å². The number of benzene rings is 2. The van der Waals surface area contributed by atoms with E-state index in [0.717, 1.165) is 42.6 Å². The molecule has 226 valence electrons. The molecular weight excluding hydrogens is 544 g/mol. The van der Waals surface area contributed by atoms with Gasteiger partial charge >= 0.3 is 6.09 Å². The number of anilines is 2. The number of amides is 1. The highest BCUT2D eigenvalue weighted by atomic mass is 16.6. The van der Waals surface area contributed by atoms with Gasteiger partial charge in [-0.05, 0) is 45.3 Å². The van der Waals surface area contributed by atoms with Crippen LogP contribution in [0.25, 0.3) is 27.5 Å². The van der Waals surface area contributed by atoms with Gasteiger partial charge in [0, 0.05) is 50.7 Å². The molecule has 0 bridgehead atoms. The molecular formula is C32H40N8O3. The minimum Gasteiger partial charge on any atom is -0.444 e. The Morgan fingerprint density at radius 2 is 1.63 bits per heavy atom. The first-order valence-electron chi connectivity index (χ1n) is 15.2. The molecule has 11 nitrogen and oxygen atoms in total. The zero-order valence-electron chi connectivity index (χ0n) is 25.7. The van der Waals surface area contributed by atoms with Crippen molar-refractivity contribution in [2.45, 2.75) is 46.3 Å². The summed E-state index contributed by atoms with van der Waals surface area (Å²) in [6, 6.07) is 14.3. The minimum atomic E-state index is -0.555. The topological polar surface area (TPSA) is 99.9 Å². The van der Waals surface area contributed by atoms with Crippen LogP contribution in [0.1, 0.15) is 34.6 Å². The Morgan fingerprint density at radius 3 is 2.33 bits per heavy atom. The SMILES string of the molecule is CCN(CC)C1CN(c2nc(N3CCN(C(=O)OC(C)(C)C)CC3)c3ncn(-c4cccc5ccccc45)c(=O)c3n2)C1. The first-order chi connectivity index (χ1) is 20.7. The lowest BCUT2D eigenvalue weighted by Gasteiger charge is -2.45. The van der Waals surface area contributed by atoms with Gasteiger partial charge in [0.1, 0.15) is 17.4 Å². The van der Waals surface area contributed by atoms with E-state index in [2.05, 4.69) is 28.5 Å². The second-order valence-corrected chi connectivity index (χ2v) is 12.2. The van der Waals surface area contributed by atoms with Gasteiger partial charge in [-0.15, -0.1) is 0 Å². The lowest BCUT2D eigenvalue weighted by Crippen LogP contribution is -2.60. The number of hydrogen-bond donors (Lipinski definition) is 0. The highest BCUT2D eigenvalue weighted by Gasteiger charge is 2.34. The van der Waals surface area contributed by atoms with Crippen LogP contribution in [0.2, 0.25) is 0 Å². The van der Waals surface area contributed by atoms with Crippen LogP contribution >= 0.6 is 0 Å². The quantitative estimate of drug-likeness (QED) is 0.334. The average Bonchev–Trinajstić information content (AvgIpc) is 2.97. The molecule has 11 heteroatoms. The molecule has 2 aromatic heterocycles. The molecule has 0 saturated carbocycles. The van der Waals surface area contributed by atoms with Crippen LogP contribution in [0.4, 0.5) is 16.6 Å². The number of piperazine rings is 1. The van der Waals surface area contributed by atoms with Gasteiger partial charge in [-0.25, -0.2) is 14.8 Å². The van der Waals surface area contributed by atoms with E-state index in [9.17, 15) is 9.59 Å². The molecule has 0 radical (unpaired) electrons. The fourth-order valence-corrected chi connectivity index (χ4v) is 5.95. The molecule has 4 aromatic rings. The molecule has 0 N–H and O–H groups in total. The van der Waals surface area contributed by atoms with Crippen molar-refractivity contribution in [3.05, 3.63) is 59.1 Å². The molecule has 2 saturated heterocycles. The Hall–Kier alpha value is -4.25. The summed E-state index contributed by atoms with van der Waals surface area (Å²) in [5, 5.41) is 2.01. The first kappa shape index (κ1) is 28.9. The number of hydrogen-bond acceptors (Lipinski definition) is 9. The lowest BCUT2D eigenvalue weighted by atomic mass is 10.1. The van der Waals surface area contributed by atoms with E-state index < -0.39 is 5.60 Å². The number of fused-ring (bicyclic) bond motifs is 2. The van der Waals surface area contributed by atoms with E-state index in [1.807, 2.05) is 63.2 Å². The highest BCUT2D eigenvalue weighted by Crippen LogP contribution is 2.29. The Kier molecular flexibility index (Phi) is 7.68. The van der Waals surface area contributed by atoms with Crippen molar-refractivity contribution in [3.63, 3.8) is 0 Å². The fraction of sp³-hybridized carbons (Fsp3) is 0.469. The number of carbonyl (C=O) groups is 1. The molecule has 2 aliphatic heterocycles. The standard InChI is InChI=1S/C32H40N8O3/c1-6-36(7-2)23-19-39(20-23)30-34-27-26(28(35-30)37-15-17-38(18-16-37)31(42)43-32(3,4)5)33-21-40(29(27)41)25-14-10-12-22-11-8-9-13-24(22)25/h8-14,21,23H,6-7,15-20H2,1-5H3. The molecule has 2 aromatic carbocycles. The summed E-state index contributed by atoms with van der Waals surface area (Å²) in [6.45, 7) is 15.6. The molecule has 0 spiro atoms. The summed E-state index contributed by atoms with van der Waals surface area (Å²) >= 11 is 0. The number of aromatic nitrogens is 4. The second-order valence-electron chi connectivity index (χ2n) is 12.2. The molecule has 2 aliphatic rings. The van der Waals surface area contributed by atoms with Crippen molar-refractivity contribution in [3.8, 4) is 5.69 Å². The molecule has 43 heavy (non-hydrogen) atoms. The number of ether oxygens (including phenoxy) is 1. The van der Waals surface area contributed by atoms with E-state index in [0.29, 0.717) is 49.5 Å². The van der Waals surface area contributed by atoms with Crippen LogP contribution in [0.15, 0.2) is 53.6 Å². The van der Waals surface area contributed by atoms with Gasteiger partial charge in [-0.2, -0.15) is 4.98 Å². The summed E-state index contributed by atoms with van der Waals surface area (Å²) < 4.78 is 7.17. The van der Waals surface area contributed by atoms with Crippen LogP contribution < -0.4 is 15.4 Å². The molecule has 0 unspecified atom stereocenters. The Bertz CT molecular complexity index is 1690. The fourth-order valence-electron chi connectivity index (χ4n) is 5.95. The second kappa shape index (κ2) is 11.4. The van der Waals surface area contributed by atoms with Crippen LogP contribution in [0, 0.1) is 0 Å². The normalized spacial score (nSPS) is 16.3. The maximum absolute atomic E-state index is 14.1. The number of carbonyl (C=O) groups excluding carboxylic acids is 1. The van der Waals surface area contributed by atoms with Gasteiger partial charge in [-0.3, -0.25) is 14.3 Å². The van der Waals surface area contributed by atoms with Gasteiger partial charge in [0.05, 0.1) is 5.69 Å². The molecule has 4 heterocycles. The summed E-state index contributed by atoms with van der Waals surface area (Å²) in [7, 11) is 0. The van der Waals surface area contributed by atoms with Crippen LogP contribution in [0.3, 0.4) is 0 Å². The van der Waals surface area contributed by atoms with Gasteiger partial charge in [0.15, 0.2) is 11.3 Å². The zero-order valence-corrected chi connectivity index (χ0v) is 25.7. The average molecular weight is 585 g/mol. The van der Waals surface area contributed by atoms with Gasteiger partial charge in [0.25, 0.3) is 5.56 Å². The number of nitrogens with zero attached hydrogens (tertiary/aromatic N) is 8. The third-order valence-corrected chi connectivity index (χ3v) is 8.31. The van der Waals surface area contributed by atoms with E-state index in [4.69, 9.17) is 19.7 Å². The molecule has 1 amide bonds. The highest BCUT2D eigenvalue weighted by molar-refractivity contribution is 5.91. The number of rotatable bonds is 6. The Balaban J connectivity index is 1.38. The van der Waals surface area contributed by atoms with E-state index >= 15 is 0 Å². The van der Waals surface area contributed by atoms with Gasteiger partial charge < -0.3 is 19.4 Å². The summed E-state index contributed by atoms with van der Waals surface area (Å²) in [6.07, 6.45) is 1.26. The van der Waals surface area contributed by atoms with Crippen molar-refractivity contribution in [2.24, 2.45) is 0 Å². The third-order valence-electron chi connectivity index (χ3n) is 8.31. The van der Waals surface area contributed by atoms with Crippen molar-refractivity contribution in [1.82, 2.24) is 29.3 Å². The summed E-state index contributed by atoms with van der Waals surface area (Å²) in [5.41, 5.74) is 0.725. The first-order valence-corrected chi connectivity index (χ1v) is 15.2. The number of likely N-dealkylation sites (N-methyl/N-ethyl adjacent to an activating group) is 1. The van der Waals surface area contributed by atoms with Crippen LogP contribution in [-0.4, -0.2) is 99.4 Å². The summed E-state index contributed by atoms with van der Waals surface area (Å²) in [5.74, 6) is 1.16. The predicted molar refractivity (Wildman–Crippen MR) is 169 cm³/mol. The molecule has 0 atom stereocenters. The predicted octanol–water partition coefficient (Wildman–Crippen LogP) is 3.92. The largest absolute Gasteiger partial charge is 0.444 e. The Labute approximate surface area is 251 Å². The van der Waals surface area contributed by atoms with Crippen LogP contribution in [-0.2, 0) is 4.74 Å². The lowest BCUT2D eigenvalue weighted by molar-refractivity contribution is 0.0240. The molecule has 2 fully saturated rings.